The molecule has 1 rings (SSSR count). The quantitative estimate of drug-likeness (QED) is 0.548. The van der Waals surface area contributed by atoms with Crippen LogP contribution in [0, 0.1) is 0 Å². The molecular formula is C12H16NO2. The van der Waals surface area contributed by atoms with Crippen molar-refractivity contribution in [3.05, 3.63) is 29.8 Å². The highest BCUT2D eigenvalue weighted by molar-refractivity contribution is 5.82. The molecule has 3 nitrogen and oxygen atoms in total. The minimum absolute atomic E-state index is 0.118. The van der Waals surface area contributed by atoms with Gasteiger partial charge in [0, 0.05) is 5.56 Å². The molecule has 81 valence electrons. The smallest absolute Gasteiger partial charge is 0.143 e. The molecule has 1 radical (unpaired) electrons. The predicted molar refractivity (Wildman–Crippen MR) is 60.4 cm³/mol. The van der Waals surface area contributed by atoms with Crippen LogP contribution in [0.25, 0.3) is 0 Å². The monoisotopic (exact) mass is 206 g/mol. The van der Waals surface area contributed by atoms with Crippen molar-refractivity contribution in [3.63, 3.8) is 0 Å². The summed E-state index contributed by atoms with van der Waals surface area (Å²) in [5.41, 5.74) is 0.795. The summed E-state index contributed by atoms with van der Waals surface area (Å²) in [5, 5.41) is 3.79. The lowest BCUT2D eigenvalue weighted by molar-refractivity contribution is 0.0712. The summed E-state index contributed by atoms with van der Waals surface area (Å²) in [6, 6.07) is 7.55. The van der Waals surface area contributed by atoms with Gasteiger partial charge in [0.1, 0.15) is 18.1 Å². The Hall–Kier alpha value is -1.51. The fourth-order valence-corrected chi connectivity index (χ4v) is 0.977. The van der Waals surface area contributed by atoms with Crippen LogP contribution in [0.1, 0.15) is 25.8 Å². The van der Waals surface area contributed by atoms with Crippen LogP contribution >= 0.6 is 0 Å². The molecule has 0 spiro atoms. The second-order valence-corrected chi connectivity index (χ2v) is 3.23. The first-order valence-corrected chi connectivity index (χ1v) is 5.02. The van der Waals surface area contributed by atoms with Crippen LogP contribution in [0.4, 0.5) is 0 Å². The van der Waals surface area contributed by atoms with E-state index in [4.69, 9.17) is 9.57 Å². The Morgan fingerprint density at radius 3 is 2.80 bits per heavy atom. The van der Waals surface area contributed by atoms with E-state index in [2.05, 4.69) is 11.4 Å². The van der Waals surface area contributed by atoms with E-state index in [1.807, 2.05) is 38.1 Å². The van der Waals surface area contributed by atoms with E-state index in [-0.39, 0.29) is 6.10 Å². The molecule has 1 aromatic carbocycles. The van der Waals surface area contributed by atoms with Gasteiger partial charge >= 0.3 is 0 Å². The summed E-state index contributed by atoms with van der Waals surface area (Å²) in [7, 11) is 1.62. The average molecular weight is 206 g/mol. The molecular weight excluding hydrogens is 190 g/mol. The second-order valence-electron chi connectivity index (χ2n) is 3.23. The van der Waals surface area contributed by atoms with E-state index < -0.39 is 0 Å². The normalized spacial score (nSPS) is 12.7. The van der Waals surface area contributed by atoms with Gasteiger partial charge in [-0.3, -0.25) is 0 Å². The molecule has 0 fully saturated rings. The van der Waals surface area contributed by atoms with Gasteiger partial charge in [-0.15, -0.1) is 0 Å². The molecule has 15 heavy (non-hydrogen) atoms. The molecule has 0 saturated heterocycles. The highest BCUT2D eigenvalue weighted by Gasteiger charge is 1.99. The molecule has 0 aliphatic rings. The lowest BCUT2D eigenvalue weighted by Crippen LogP contribution is -2.01. The van der Waals surface area contributed by atoms with E-state index >= 15 is 0 Å². The first kappa shape index (κ1) is 11.6. The van der Waals surface area contributed by atoms with Crippen LogP contribution < -0.4 is 4.74 Å². The predicted octanol–water partition coefficient (Wildman–Crippen LogP) is 2.72. The molecule has 0 aliphatic carbocycles. The summed E-state index contributed by atoms with van der Waals surface area (Å²) in [5.74, 6) is 0.744. The maximum atomic E-state index is 5.15. The van der Waals surface area contributed by atoms with Crippen LogP contribution in [-0.4, -0.2) is 19.4 Å². The highest BCUT2D eigenvalue weighted by atomic mass is 16.6. The SMILES string of the molecule is CCC(C)O/N=[C]/c1ccccc1OC. The second kappa shape index (κ2) is 6.06. The standard InChI is InChI=1S/C12H16NO2/c1-4-10(2)15-13-9-11-7-5-6-8-12(11)14-3/h5-8,10H,4H2,1-3H3. The minimum atomic E-state index is 0.118. The van der Waals surface area contributed by atoms with Crippen LogP contribution in [0.15, 0.2) is 29.4 Å². The van der Waals surface area contributed by atoms with Crippen LogP contribution in [-0.2, 0) is 4.84 Å². The van der Waals surface area contributed by atoms with Gasteiger partial charge in [0.05, 0.1) is 7.11 Å². The van der Waals surface area contributed by atoms with Gasteiger partial charge in [-0.25, -0.2) is 0 Å². The molecule has 0 heterocycles. The summed E-state index contributed by atoms with van der Waals surface area (Å²) in [6.45, 7) is 4.01. The zero-order valence-corrected chi connectivity index (χ0v) is 9.36. The largest absolute Gasteiger partial charge is 0.496 e. The molecule has 1 atom stereocenters. The number of para-hydroxylation sites is 1. The van der Waals surface area contributed by atoms with Gasteiger partial charge in [0.15, 0.2) is 0 Å². The zero-order chi connectivity index (χ0) is 11.1. The Labute approximate surface area is 90.7 Å². The Morgan fingerprint density at radius 2 is 2.13 bits per heavy atom. The number of hydrogen-bond acceptors (Lipinski definition) is 3. The Balaban J connectivity index is 2.63. The zero-order valence-electron chi connectivity index (χ0n) is 9.36. The molecule has 0 aliphatic heterocycles. The van der Waals surface area contributed by atoms with Gasteiger partial charge in [-0.1, -0.05) is 24.2 Å². The molecule has 1 unspecified atom stereocenters. The van der Waals surface area contributed by atoms with Gasteiger partial charge in [-0.2, -0.15) is 0 Å². The molecule has 1 aromatic rings. The number of hydrogen-bond donors (Lipinski definition) is 0. The first-order valence-electron chi connectivity index (χ1n) is 5.02. The number of benzene rings is 1. The van der Waals surface area contributed by atoms with E-state index in [1.165, 1.54) is 0 Å². The van der Waals surface area contributed by atoms with Crippen molar-refractivity contribution >= 4 is 6.21 Å². The fraction of sp³-hybridized carbons (Fsp3) is 0.417. The van der Waals surface area contributed by atoms with E-state index in [9.17, 15) is 0 Å². The van der Waals surface area contributed by atoms with Crippen molar-refractivity contribution in [1.82, 2.24) is 0 Å². The van der Waals surface area contributed by atoms with Gasteiger partial charge in [-0.05, 0) is 25.5 Å². The molecule has 0 amide bonds. The van der Waals surface area contributed by atoms with Crippen molar-refractivity contribution in [2.24, 2.45) is 5.16 Å². The summed E-state index contributed by atoms with van der Waals surface area (Å²) in [4.78, 5) is 5.15. The first-order chi connectivity index (χ1) is 7.27. The number of nitrogens with zero attached hydrogens (tertiary/aromatic N) is 1. The average Bonchev–Trinajstić information content (AvgIpc) is 2.29. The van der Waals surface area contributed by atoms with Crippen molar-refractivity contribution < 1.29 is 9.57 Å². The lowest BCUT2D eigenvalue weighted by atomic mass is 10.2. The third-order valence-corrected chi connectivity index (χ3v) is 2.08. The van der Waals surface area contributed by atoms with Crippen molar-refractivity contribution in [1.29, 1.82) is 0 Å². The maximum Gasteiger partial charge on any atom is 0.143 e. The summed E-state index contributed by atoms with van der Waals surface area (Å²) in [6.07, 6.45) is 3.85. The van der Waals surface area contributed by atoms with E-state index in [0.29, 0.717) is 0 Å². The third kappa shape index (κ3) is 3.62. The Bertz CT molecular complexity index is 323. The van der Waals surface area contributed by atoms with Gasteiger partial charge in [0.2, 0.25) is 0 Å². The minimum Gasteiger partial charge on any atom is -0.496 e. The molecule has 0 saturated carbocycles. The highest BCUT2D eigenvalue weighted by Crippen LogP contribution is 2.14. The van der Waals surface area contributed by atoms with E-state index in [0.717, 1.165) is 17.7 Å². The third-order valence-electron chi connectivity index (χ3n) is 2.08. The Morgan fingerprint density at radius 1 is 1.40 bits per heavy atom. The van der Waals surface area contributed by atoms with Crippen molar-refractivity contribution in [2.45, 2.75) is 26.4 Å². The Kier molecular flexibility index (Phi) is 4.68. The number of methoxy groups -OCH3 is 1. The fourth-order valence-electron chi connectivity index (χ4n) is 0.977. The molecule has 0 aromatic heterocycles. The lowest BCUT2D eigenvalue weighted by Gasteiger charge is -2.05. The van der Waals surface area contributed by atoms with Crippen LogP contribution in [0.3, 0.4) is 0 Å². The number of ether oxygens (including phenoxy) is 1. The van der Waals surface area contributed by atoms with Crippen molar-refractivity contribution in [2.75, 3.05) is 7.11 Å². The topological polar surface area (TPSA) is 30.8 Å². The molecule has 0 bridgehead atoms. The molecule has 3 heteroatoms. The van der Waals surface area contributed by atoms with Gasteiger partial charge < -0.3 is 9.57 Å². The van der Waals surface area contributed by atoms with Crippen LogP contribution in [0.2, 0.25) is 0 Å². The van der Waals surface area contributed by atoms with E-state index in [1.54, 1.807) is 7.11 Å². The van der Waals surface area contributed by atoms with Crippen molar-refractivity contribution in [3.8, 4) is 5.75 Å². The molecule has 0 N–H and O–H groups in total. The van der Waals surface area contributed by atoms with Gasteiger partial charge in [0.25, 0.3) is 0 Å². The summed E-state index contributed by atoms with van der Waals surface area (Å²) >= 11 is 0. The van der Waals surface area contributed by atoms with Crippen LogP contribution in [0.5, 0.6) is 5.75 Å². The maximum absolute atomic E-state index is 5.15. The summed E-state index contributed by atoms with van der Waals surface area (Å²) < 4.78 is 5.15. The number of rotatable bonds is 5.